The molecule has 0 saturated carbocycles. The second-order valence-electron chi connectivity index (χ2n) is 4.30. The van der Waals surface area contributed by atoms with Gasteiger partial charge < -0.3 is 5.73 Å². The number of sulfonamides is 1. The van der Waals surface area contributed by atoms with Crippen LogP contribution in [0.4, 0.5) is 0 Å². The van der Waals surface area contributed by atoms with Crippen molar-refractivity contribution in [2.24, 2.45) is 11.7 Å². The summed E-state index contributed by atoms with van der Waals surface area (Å²) in [5.41, 5.74) is 5.13. The summed E-state index contributed by atoms with van der Waals surface area (Å²) in [6, 6.07) is -0.808. The Hall–Kier alpha value is -0.620. The van der Waals surface area contributed by atoms with Crippen LogP contribution in [0.2, 0.25) is 0 Å². The molecular weight excluding hydrogens is 216 g/mol. The zero-order valence-electron chi connectivity index (χ0n) is 9.65. The maximum absolute atomic E-state index is 11.5. The van der Waals surface area contributed by atoms with Crippen molar-refractivity contribution in [3.63, 3.8) is 0 Å². The summed E-state index contributed by atoms with van der Waals surface area (Å²) in [4.78, 5) is 11.0. The predicted octanol–water partition coefficient (Wildman–Crippen LogP) is 0.214. The number of nitrogens with two attached hydrogens (primary N) is 1. The van der Waals surface area contributed by atoms with E-state index < -0.39 is 27.2 Å². The summed E-state index contributed by atoms with van der Waals surface area (Å²) in [6.07, 6.45) is 0.418. The second-order valence-corrected chi connectivity index (χ2v) is 6.56. The fraction of sp³-hybridized carbons (Fsp3) is 0.889. The van der Waals surface area contributed by atoms with Gasteiger partial charge in [0.15, 0.2) is 0 Å². The van der Waals surface area contributed by atoms with Gasteiger partial charge in [0.25, 0.3) is 0 Å². The predicted molar refractivity (Wildman–Crippen MR) is 59.6 cm³/mol. The number of nitrogens with one attached hydrogen (secondary N) is 1. The van der Waals surface area contributed by atoms with Gasteiger partial charge in [-0.3, -0.25) is 4.79 Å². The van der Waals surface area contributed by atoms with Gasteiger partial charge in [-0.1, -0.05) is 13.8 Å². The number of amides is 1. The molecule has 6 heteroatoms. The fourth-order valence-corrected chi connectivity index (χ4v) is 1.91. The minimum absolute atomic E-state index is 0.206. The lowest BCUT2D eigenvalue weighted by molar-refractivity contribution is -0.119. The maximum atomic E-state index is 11.5. The molecule has 3 N–H and O–H groups in total. The summed E-state index contributed by atoms with van der Waals surface area (Å²) in [7, 11) is -3.44. The standard InChI is InChI=1S/C9H20N2O3S/c1-6(2)5-8(9(10)12)11-15(13,14)7(3)4/h6-8,11H,5H2,1-4H3,(H2,10,12). The van der Waals surface area contributed by atoms with Crippen LogP contribution in [0, 0.1) is 5.92 Å². The van der Waals surface area contributed by atoms with Crippen molar-refractivity contribution in [3.8, 4) is 0 Å². The average Bonchev–Trinajstić information content (AvgIpc) is 2.01. The van der Waals surface area contributed by atoms with Crippen molar-refractivity contribution in [1.29, 1.82) is 0 Å². The van der Waals surface area contributed by atoms with Crippen molar-refractivity contribution >= 4 is 15.9 Å². The molecule has 0 bridgehead atoms. The topological polar surface area (TPSA) is 89.3 Å². The Bertz CT molecular complexity index is 309. The van der Waals surface area contributed by atoms with Crippen LogP contribution in [0.25, 0.3) is 0 Å². The minimum atomic E-state index is -3.44. The van der Waals surface area contributed by atoms with Crippen LogP contribution in [0.3, 0.4) is 0 Å². The molecule has 1 atom stereocenters. The second kappa shape index (κ2) is 5.46. The molecule has 0 aromatic heterocycles. The Morgan fingerprint density at radius 1 is 1.27 bits per heavy atom. The zero-order chi connectivity index (χ0) is 12.2. The molecule has 15 heavy (non-hydrogen) atoms. The van der Waals surface area contributed by atoms with Gasteiger partial charge in [0.2, 0.25) is 15.9 Å². The normalized spacial score (nSPS) is 14.5. The summed E-state index contributed by atoms with van der Waals surface area (Å²) < 4.78 is 25.3. The molecule has 1 unspecified atom stereocenters. The number of hydrogen-bond donors (Lipinski definition) is 2. The average molecular weight is 236 g/mol. The van der Waals surface area contributed by atoms with E-state index in [1.54, 1.807) is 13.8 Å². The van der Waals surface area contributed by atoms with E-state index in [0.29, 0.717) is 6.42 Å². The van der Waals surface area contributed by atoms with Crippen LogP contribution in [-0.2, 0) is 14.8 Å². The summed E-state index contributed by atoms with van der Waals surface area (Å²) in [5.74, 6) is -0.426. The summed E-state index contributed by atoms with van der Waals surface area (Å²) in [6.45, 7) is 6.91. The highest BCUT2D eigenvalue weighted by atomic mass is 32.2. The van der Waals surface area contributed by atoms with Crippen molar-refractivity contribution in [1.82, 2.24) is 4.72 Å². The molecule has 5 nitrogen and oxygen atoms in total. The monoisotopic (exact) mass is 236 g/mol. The van der Waals surface area contributed by atoms with E-state index in [1.165, 1.54) is 0 Å². The first-order valence-corrected chi connectivity index (χ1v) is 6.52. The Morgan fingerprint density at radius 2 is 1.73 bits per heavy atom. The molecule has 0 aliphatic rings. The molecule has 0 rings (SSSR count). The molecular formula is C9H20N2O3S. The summed E-state index contributed by atoms with van der Waals surface area (Å²) in [5, 5.41) is -0.563. The van der Waals surface area contributed by atoms with Crippen LogP contribution in [-0.4, -0.2) is 25.6 Å². The largest absolute Gasteiger partial charge is 0.368 e. The molecule has 0 aromatic rings. The van der Waals surface area contributed by atoms with Gasteiger partial charge in [-0.05, 0) is 26.2 Å². The van der Waals surface area contributed by atoms with Gasteiger partial charge in [0, 0.05) is 0 Å². The molecule has 0 aliphatic carbocycles. The molecule has 0 saturated heterocycles. The molecule has 0 fully saturated rings. The molecule has 0 spiro atoms. The Balaban J connectivity index is 4.63. The number of rotatable bonds is 6. The lowest BCUT2D eigenvalue weighted by Crippen LogP contribution is -2.47. The smallest absolute Gasteiger partial charge is 0.235 e. The number of carbonyl (C=O) groups excluding carboxylic acids is 1. The number of hydrogen-bond acceptors (Lipinski definition) is 3. The van der Waals surface area contributed by atoms with E-state index in [-0.39, 0.29) is 5.92 Å². The van der Waals surface area contributed by atoms with Gasteiger partial charge >= 0.3 is 0 Å². The minimum Gasteiger partial charge on any atom is -0.368 e. The van der Waals surface area contributed by atoms with Crippen LogP contribution in [0.15, 0.2) is 0 Å². The Labute approximate surface area is 91.5 Å². The molecule has 0 radical (unpaired) electrons. The third kappa shape index (κ3) is 5.13. The highest BCUT2D eigenvalue weighted by Crippen LogP contribution is 2.07. The fourth-order valence-electron chi connectivity index (χ4n) is 1.03. The van der Waals surface area contributed by atoms with Crippen molar-refractivity contribution in [3.05, 3.63) is 0 Å². The zero-order valence-corrected chi connectivity index (χ0v) is 10.5. The van der Waals surface area contributed by atoms with E-state index in [4.69, 9.17) is 5.73 Å². The van der Waals surface area contributed by atoms with Crippen LogP contribution >= 0.6 is 0 Å². The first-order valence-electron chi connectivity index (χ1n) is 4.97. The quantitative estimate of drug-likeness (QED) is 0.691. The maximum Gasteiger partial charge on any atom is 0.235 e. The molecule has 0 aromatic carbocycles. The van der Waals surface area contributed by atoms with Crippen LogP contribution in [0.1, 0.15) is 34.1 Å². The van der Waals surface area contributed by atoms with E-state index in [9.17, 15) is 13.2 Å². The van der Waals surface area contributed by atoms with E-state index >= 15 is 0 Å². The highest BCUT2D eigenvalue weighted by Gasteiger charge is 2.25. The Morgan fingerprint density at radius 3 is 2.00 bits per heavy atom. The van der Waals surface area contributed by atoms with Gasteiger partial charge in [0.1, 0.15) is 6.04 Å². The van der Waals surface area contributed by atoms with Crippen LogP contribution < -0.4 is 10.5 Å². The molecule has 1 amide bonds. The lowest BCUT2D eigenvalue weighted by Gasteiger charge is -2.18. The third-order valence-corrected chi connectivity index (χ3v) is 3.83. The molecule has 0 aliphatic heterocycles. The van der Waals surface area contributed by atoms with Crippen molar-refractivity contribution in [2.75, 3.05) is 0 Å². The molecule has 90 valence electrons. The highest BCUT2D eigenvalue weighted by molar-refractivity contribution is 7.90. The Kier molecular flexibility index (Phi) is 5.23. The van der Waals surface area contributed by atoms with Gasteiger partial charge in [-0.15, -0.1) is 0 Å². The SMILES string of the molecule is CC(C)CC(NS(=O)(=O)C(C)C)C(N)=O. The van der Waals surface area contributed by atoms with Gasteiger partial charge in [-0.2, -0.15) is 0 Å². The number of primary amides is 1. The number of carbonyl (C=O) groups is 1. The van der Waals surface area contributed by atoms with E-state index in [0.717, 1.165) is 0 Å². The first-order chi connectivity index (χ1) is 6.66. The molecule has 0 heterocycles. The van der Waals surface area contributed by atoms with E-state index in [1.807, 2.05) is 13.8 Å². The lowest BCUT2D eigenvalue weighted by atomic mass is 10.0. The summed E-state index contributed by atoms with van der Waals surface area (Å²) >= 11 is 0. The first kappa shape index (κ1) is 14.4. The van der Waals surface area contributed by atoms with Crippen molar-refractivity contribution < 1.29 is 13.2 Å². The van der Waals surface area contributed by atoms with Gasteiger partial charge in [-0.25, -0.2) is 13.1 Å². The van der Waals surface area contributed by atoms with Crippen LogP contribution in [0.5, 0.6) is 0 Å². The third-order valence-electron chi connectivity index (χ3n) is 1.98. The van der Waals surface area contributed by atoms with E-state index in [2.05, 4.69) is 4.72 Å². The van der Waals surface area contributed by atoms with Gasteiger partial charge in [0.05, 0.1) is 5.25 Å². The van der Waals surface area contributed by atoms with Crippen molar-refractivity contribution in [2.45, 2.75) is 45.4 Å².